The molecule has 4 saturated carbocycles. The molecule has 8 rings (SSSR count). The molecule has 0 unspecified atom stereocenters. The molecule has 4 fully saturated rings. The van der Waals surface area contributed by atoms with Crippen LogP contribution in [0.2, 0.25) is 5.02 Å². The van der Waals surface area contributed by atoms with Gasteiger partial charge in [-0.05, 0) is 96.2 Å². The monoisotopic (exact) mass is 387 g/mol. The van der Waals surface area contributed by atoms with Gasteiger partial charge < -0.3 is 4.42 Å². The van der Waals surface area contributed by atoms with Crippen molar-refractivity contribution in [2.24, 2.45) is 23.7 Å². The molecule has 0 aliphatic heterocycles. The highest BCUT2D eigenvalue weighted by Gasteiger charge is 2.49. The SMILES string of the molecule is [2H]c1c2ccccc2cc2c1oc1c(C3C4CC5CC(C4)CC3C5)ccc(Cl)c12. The fourth-order valence-electron chi connectivity index (χ4n) is 7.15. The maximum absolute atomic E-state index is 8.77. The van der Waals surface area contributed by atoms with Gasteiger partial charge in [-0.2, -0.15) is 0 Å². The van der Waals surface area contributed by atoms with E-state index in [0.717, 1.165) is 55.8 Å². The summed E-state index contributed by atoms with van der Waals surface area (Å²) in [5.41, 5.74) is 2.96. The molecular weight excluding hydrogens is 364 g/mol. The maximum atomic E-state index is 8.77. The van der Waals surface area contributed by atoms with Crippen molar-refractivity contribution in [1.82, 2.24) is 0 Å². The van der Waals surface area contributed by atoms with E-state index in [1.165, 1.54) is 37.7 Å². The van der Waals surface area contributed by atoms with Crippen LogP contribution < -0.4 is 0 Å². The molecule has 1 nitrogen and oxygen atoms in total. The van der Waals surface area contributed by atoms with Crippen LogP contribution in [0.15, 0.2) is 52.9 Å². The Hall–Kier alpha value is -1.99. The lowest BCUT2D eigenvalue weighted by Gasteiger charge is -2.54. The number of benzene rings is 3. The highest BCUT2D eigenvalue weighted by molar-refractivity contribution is 6.38. The maximum Gasteiger partial charge on any atom is 0.140 e. The predicted octanol–water partition coefficient (Wildman–Crippen LogP) is 7.93. The summed E-state index contributed by atoms with van der Waals surface area (Å²) in [5.74, 6) is 4.08. The third-order valence-electron chi connectivity index (χ3n) is 7.95. The Morgan fingerprint density at radius 2 is 1.61 bits per heavy atom. The molecule has 3 aromatic carbocycles. The number of furan rings is 1. The van der Waals surface area contributed by atoms with Gasteiger partial charge in [0.05, 0.1) is 6.39 Å². The van der Waals surface area contributed by atoms with Gasteiger partial charge in [0.25, 0.3) is 0 Å². The van der Waals surface area contributed by atoms with Crippen molar-refractivity contribution in [1.29, 1.82) is 0 Å². The van der Waals surface area contributed by atoms with E-state index in [1.54, 1.807) is 0 Å². The molecule has 0 saturated heterocycles. The van der Waals surface area contributed by atoms with Gasteiger partial charge in [0.1, 0.15) is 11.2 Å². The fraction of sp³-hybridized carbons (Fsp3) is 0.385. The average molecular weight is 388 g/mol. The normalized spacial score (nSPS) is 31.9. The van der Waals surface area contributed by atoms with Crippen LogP contribution in [0.4, 0.5) is 0 Å². The Bertz CT molecular complexity index is 1270. The number of halogens is 1. The van der Waals surface area contributed by atoms with Crippen LogP contribution in [-0.2, 0) is 0 Å². The second-order valence-electron chi connectivity index (χ2n) is 9.50. The van der Waals surface area contributed by atoms with Crippen LogP contribution >= 0.6 is 11.6 Å². The Labute approximate surface area is 171 Å². The number of rotatable bonds is 1. The van der Waals surface area contributed by atoms with E-state index in [4.69, 9.17) is 17.4 Å². The second kappa shape index (κ2) is 5.54. The molecule has 4 bridgehead atoms. The first-order chi connectivity index (χ1) is 14.2. The molecule has 1 heterocycles. The Balaban J connectivity index is 1.52. The van der Waals surface area contributed by atoms with E-state index in [0.29, 0.717) is 17.5 Å². The second-order valence-corrected chi connectivity index (χ2v) is 9.91. The standard InChI is InChI=1S/C26H23ClO/c27-22-6-5-20(24-18-8-14-7-15(10-18)11-19(24)9-14)26-25(22)21-12-16-3-1-2-4-17(16)13-23(21)28-26/h1-6,12-15,18-19,24H,7-11H2/i13D. The molecule has 28 heavy (non-hydrogen) atoms. The van der Waals surface area contributed by atoms with Crippen LogP contribution in [0.1, 0.15) is 45.0 Å². The summed E-state index contributed by atoms with van der Waals surface area (Å²) in [7, 11) is 0. The molecule has 4 aliphatic rings. The lowest BCUT2D eigenvalue weighted by Crippen LogP contribution is -2.43. The largest absolute Gasteiger partial charge is 0.456 e. The molecule has 0 spiro atoms. The van der Waals surface area contributed by atoms with E-state index in [9.17, 15) is 0 Å². The molecular formula is C26H23ClO. The summed E-state index contributed by atoms with van der Waals surface area (Å²) in [6, 6.07) is 15.0. The Kier molecular flexibility index (Phi) is 2.95. The first-order valence-electron chi connectivity index (χ1n) is 11.2. The van der Waals surface area contributed by atoms with Gasteiger partial charge in [0.15, 0.2) is 0 Å². The van der Waals surface area contributed by atoms with Crippen molar-refractivity contribution >= 4 is 44.3 Å². The van der Waals surface area contributed by atoms with Crippen molar-refractivity contribution in [3.63, 3.8) is 0 Å². The van der Waals surface area contributed by atoms with Crippen molar-refractivity contribution < 1.29 is 5.79 Å². The van der Waals surface area contributed by atoms with Crippen molar-refractivity contribution in [2.75, 3.05) is 0 Å². The molecule has 4 aliphatic carbocycles. The molecule has 0 amide bonds. The summed E-state index contributed by atoms with van der Waals surface area (Å²) in [6.07, 6.45) is 7.01. The summed E-state index contributed by atoms with van der Waals surface area (Å²) >= 11 is 6.72. The molecule has 2 heteroatoms. The van der Waals surface area contributed by atoms with Gasteiger partial charge in [-0.15, -0.1) is 0 Å². The Morgan fingerprint density at radius 3 is 2.36 bits per heavy atom. The van der Waals surface area contributed by atoms with Gasteiger partial charge in [0.2, 0.25) is 0 Å². The van der Waals surface area contributed by atoms with Crippen molar-refractivity contribution in [3.05, 3.63) is 59.1 Å². The van der Waals surface area contributed by atoms with Gasteiger partial charge in [0, 0.05) is 10.8 Å². The third kappa shape index (κ3) is 2.09. The fourth-order valence-corrected chi connectivity index (χ4v) is 7.40. The number of hydrogen-bond acceptors (Lipinski definition) is 1. The molecule has 1 aromatic heterocycles. The molecule has 140 valence electrons. The van der Waals surface area contributed by atoms with Gasteiger partial charge in [-0.3, -0.25) is 0 Å². The Morgan fingerprint density at radius 1 is 0.893 bits per heavy atom. The summed E-state index contributed by atoms with van der Waals surface area (Å²) < 4.78 is 15.3. The van der Waals surface area contributed by atoms with Crippen LogP contribution in [-0.4, -0.2) is 0 Å². The first kappa shape index (κ1) is 14.9. The topological polar surface area (TPSA) is 13.1 Å². The zero-order valence-corrected chi connectivity index (χ0v) is 16.5. The number of hydrogen-bond donors (Lipinski definition) is 0. The predicted molar refractivity (Wildman–Crippen MR) is 116 cm³/mol. The van der Waals surface area contributed by atoms with Crippen LogP contribution in [0.3, 0.4) is 0 Å². The molecule has 4 aromatic rings. The molecule has 0 N–H and O–H groups in total. The lowest BCUT2D eigenvalue weighted by atomic mass is 9.50. The van der Waals surface area contributed by atoms with E-state index >= 15 is 0 Å². The molecule has 0 atom stereocenters. The zero-order chi connectivity index (χ0) is 19.3. The van der Waals surface area contributed by atoms with Crippen LogP contribution in [0.5, 0.6) is 0 Å². The van der Waals surface area contributed by atoms with E-state index in [1.807, 2.05) is 18.2 Å². The minimum absolute atomic E-state index is 0.474. The first-order valence-corrected chi connectivity index (χ1v) is 11.1. The van der Waals surface area contributed by atoms with E-state index in [2.05, 4.69) is 24.3 Å². The zero-order valence-electron chi connectivity index (χ0n) is 16.7. The summed E-state index contributed by atoms with van der Waals surface area (Å²) in [4.78, 5) is 0. The van der Waals surface area contributed by atoms with E-state index < -0.39 is 0 Å². The van der Waals surface area contributed by atoms with Gasteiger partial charge >= 0.3 is 0 Å². The van der Waals surface area contributed by atoms with Gasteiger partial charge in [-0.25, -0.2) is 0 Å². The van der Waals surface area contributed by atoms with Crippen LogP contribution in [0, 0.1) is 23.7 Å². The molecule has 0 radical (unpaired) electrons. The average Bonchev–Trinajstić information content (AvgIpc) is 3.10. The lowest BCUT2D eigenvalue weighted by molar-refractivity contribution is -0.00256. The summed E-state index contributed by atoms with van der Waals surface area (Å²) in [5, 5.41) is 4.74. The smallest absolute Gasteiger partial charge is 0.140 e. The number of fused-ring (bicyclic) bond motifs is 4. The van der Waals surface area contributed by atoms with Gasteiger partial charge in [-0.1, -0.05) is 41.9 Å². The quantitative estimate of drug-likeness (QED) is 0.323. The highest BCUT2D eigenvalue weighted by atomic mass is 35.5. The third-order valence-corrected chi connectivity index (χ3v) is 8.27. The van der Waals surface area contributed by atoms with Crippen molar-refractivity contribution in [3.8, 4) is 0 Å². The summed E-state index contributed by atoms with van der Waals surface area (Å²) in [6.45, 7) is 0. The minimum atomic E-state index is 0.474. The van der Waals surface area contributed by atoms with Crippen molar-refractivity contribution in [2.45, 2.75) is 38.0 Å². The van der Waals surface area contributed by atoms with E-state index in [-0.39, 0.29) is 0 Å². The van der Waals surface area contributed by atoms with Crippen LogP contribution in [0.25, 0.3) is 32.7 Å². The highest BCUT2D eigenvalue weighted by Crippen LogP contribution is 2.60. The minimum Gasteiger partial charge on any atom is -0.456 e.